The molecule has 1 unspecified atom stereocenters. The van der Waals surface area contributed by atoms with E-state index >= 15 is 0 Å². The van der Waals surface area contributed by atoms with Crippen molar-refractivity contribution in [2.24, 2.45) is 34.6 Å². The molecule has 4 aliphatic rings. The van der Waals surface area contributed by atoms with Crippen LogP contribution in [0.2, 0.25) is 0 Å². The third-order valence-electron chi connectivity index (χ3n) is 9.26. The highest BCUT2D eigenvalue weighted by molar-refractivity contribution is 5.80. The number of nitrogens with two attached hydrogens (primary N) is 5. The number of ether oxygens (including phenoxy) is 4. The van der Waals surface area contributed by atoms with Crippen molar-refractivity contribution in [1.82, 2.24) is 10.6 Å². The monoisotopic (exact) mass is 651 g/mol. The zero-order chi connectivity index (χ0) is 33.0. The molecule has 1 amide bonds. The minimum atomic E-state index is -1.58. The predicted molar refractivity (Wildman–Crippen MR) is 157 cm³/mol. The van der Waals surface area contributed by atoms with Crippen molar-refractivity contribution in [3.05, 3.63) is 0 Å². The summed E-state index contributed by atoms with van der Waals surface area (Å²) in [4.78, 5) is 12.7. The van der Waals surface area contributed by atoms with Crippen LogP contribution in [-0.2, 0) is 23.7 Å². The van der Waals surface area contributed by atoms with Gasteiger partial charge in [-0.2, -0.15) is 0 Å². The number of carbonyl (C=O) groups is 1. The maximum absolute atomic E-state index is 12.7. The molecule has 0 aromatic carbocycles. The van der Waals surface area contributed by atoms with E-state index in [0.29, 0.717) is 12.5 Å². The number of nitrogens with one attached hydrogen (secondary N) is 2. The van der Waals surface area contributed by atoms with Gasteiger partial charge in [0.1, 0.15) is 42.7 Å². The number of carbonyl (C=O) groups excluding carboxylic acids is 1. The molecule has 0 aromatic heterocycles. The third-order valence-corrected chi connectivity index (χ3v) is 9.26. The molecule has 4 rings (SSSR count). The average Bonchev–Trinajstić information content (AvgIpc) is 2.98. The van der Waals surface area contributed by atoms with Crippen molar-refractivity contribution in [3.8, 4) is 0 Å². The predicted octanol–water partition coefficient (Wildman–Crippen LogP) is -7.06. The van der Waals surface area contributed by atoms with Gasteiger partial charge in [0.2, 0.25) is 5.91 Å². The maximum atomic E-state index is 12.7. The van der Waals surface area contributed by atoms with Crippen LogP contribution in [0.4, 0.5) is 0 Å². The molecule has 15 atom stereocenters. The average molecular weight is 652 g/mol. The summed E-state index contributed by atoms with van der Waals surface area (Å²) in [5, 5.41) is 68.9. The van der Waals surface area contributed by atoms with E-state index in [0.717, 1.165) is 19.4 Å². The molecule has 2 saturated heterocycles. The number of aliphatic hydroxyl groups excluding tert-OH is 6. The Balaban J connectivity index is 1.47. The Kier molecular flexibility index (Phi) is 13.3. The van der Waals surface area contributed by atoms with E-state index in [1.807, 2.05) is 0 Å². The van der Waals surface area contributed by atoms with Gasteiger partial charge in [-0.05, 0) is 51.1 Å². The molecule has 18 nitrogen and oxygen atoms in total. The number of aliphatic hydroxyl groups is 6. The Morgan fingerprint density at radius 2 is 1.51 bits per heavy atom. The Morgan fingerprint density at radius 1 is 0.844 bits per heavy atom. The lowest BCUT2D eigenvalue weighted by atomic mass is 9.81. The largest absolute Gasteiger partial charge is 0.394 e. The van der Waals surface area contributed by atoms with Crippen LogP contribution in [0.5, 0.6) is 0 Å². The summed E-state index contributed by atoms with van der Waals surface area (Å²) in [5.74, 6) is -0.321. The van der Waals surface area contributed by atoms with Crippen molar-refractivity contribution >= 4 is 5.91 Å². The zero-order valence-corrected chi connectivity index (χ0v) is 25.3. The summed E-state index contributed by atoms with van der Waals surface area (Å²) in [5.41, 5.74) is 30.0. The van der Waals surface area contributed by atoms with Gasteiger partial charge in [-0.15, -0.1) is 0 Å². The van der Waals surface area contributed by atoms with Gasteiger partial charge in [-0.1, -0.05) is 0 Å². The zero-order valence-electron chi connectivity index (χ0n) is 25.3. The molecule has 0 aromatic rings. The van der Waals surface area contributed by atoms with Gasteiger partial charge >= 0.3 is 0 Å². The van der Waals surface area contributed by atoms with Crippen molar-refractivity contribution < 1.29 is 54.4 Å². The number of hydrogen-bond donors (Lipinski definition) is 13. The molecule has 2 heterocycles. The minimum Gasteiger partial charge on any atom is -0.394 e. The van der Waals surface area contributed by atoms with Gasteiger partial charge in [-0.25, -0.2) is 0 Å². The quantitative estimate of drug-likeness (QED) is 0.0879. The first-order valence-electron chi connectivity index (χ1n) is 15.7. The molecule has 18 heteroatoms. The molecule has 2 aliphatic carbocycles. The van der Waals surface area contributed by atoms with Gasteiger partial charge in [0.25, 0.3) is 0 Å². The number of hydrogen-bond acceptors (Lipinski definition) is 17. The lowest BCUT2D eigenvalue weighted by Crippen LogP contribution is -2.69. The molecule has 0 bridgehead atoms. The van der Waals surface area contributed by atoms with Crippen molar-refractivity contribution in [1.29, 1.82) is 0 Å². The van der Waals surface area contributed by atoms with Crippen LogP contribution < -0.4 is 39.3 Å². The number of rotatable bonds is 13. The standard InChI is InChI=1S/C27H53N7O11/c28-2-1-15(36)25(41)34-14-5-12(30)23(22(40)24(14)45-27-21(39)19(32)20(38)18(9-35)43-27)44-26-13(31)6-16(37)17(42-26)8-33-7-10-3-11(29)4-10/h10-24,26-27,33,35-40H,1-9,28-32H2,(H,34,41)/t10?,11?,12-,13+,14+,15-,16-,17+,18+,19-,20+,21+,22-,23?,24-,26+,27+/m0/s1. The molecule has 4 fully saturated rings. The Labute approximate surface area is 261 Å². The van der Waals surface area contributed by atoms with Crippen LogP contribution in [0.15, 0.2) is 0 Å². The highest BCUT2D eigenvalue weighted by Crippen LogP contribution is 2.32. The lowest BCUT2D eigenvalue weighted by molar-refractivity contribution is -0.316. The second kappa shape index (κ2) is 16.3. The van der Waals surface area contributed by atoms with E-state index in [9.17, 15) is 35.4 Å². The van der Waals surface area contributed by atoms with Gasteiger partial charge in [0.05, 0.1) is 36.9 Å². The lowest BCUT2D eigenvalue weighted by Gasteiger charge is -2.48. The van der Waals surface area contributed by atoms with Crippen molar-refractivity contribution in [3.63, 3.8) is 0 Å². The normalized spacial score (nSPS) is 46.3. The summed E-state index contributed by atoms with van der Waals surface area (Å²) >= 11 is 0. The minimum absolute atomic E-state index is 0.0203. The first kappa shape index (κ1) is 36.7. The van der Waals surface area contributed by atoms with Crippen LogP contribution >= 0.6 is 0 Å². The molecule has 18 N–H and O–H groups in total. The topological polar surface area (TPSA) is 330 Å². The molecular weight excluding hydrogens is 598 g/mol. The second-order valence-corrected chi connectivity index (χ2v) is 12.8. The molecule has 0 spiro atoms. The van der Waals surface area contributed by atoms with Gasteiger partial charge in [0.15, 0.2) is 12.6 Å². The van der Waals surface area contributed by atoms with E-state index in [1.54, 1.807) is 0 Å². The first-order valence-corrected chi connectivity index (χ1v) is 15.7. The highest BCUT2D eigenvalue weighted by Gasteiger charge is 2.51. The smallest absolute Gasteiger partial charge is 0.249 e. The molecule has 2 saturated carbocycles. The summed E-state index contributed by atoms with van der Waals surface area (Å²) in [6, 6.07) is -3.72. The van der Waals surface area contributed by atoms with E-state index in [-0.39, 0.29) is 31.8 Å². The SMILES string of the molecule is NCC[C@H](O)C(=O)N[C@@H]1C[C@H](N)C(O[C@H]2O[C@H](CNCC3CC(N)C3)[C@@H](O)C[C@H]2N)[C@H](O)[C@H]1O[C@H]1O[C@H](CO)[C@@H](O)[C@H](N)[C@H]1O. The van der Waals surface area contributed by atoms with Gasteiger partial charge in [0, 0.05) is 18.6 Å². The summed E-state index contributed by atoms with van der Waals surface area (Å²) in [7, 11) is 0. The van der Waals surface area contributed by atoms with Crippen LogP contribution in [0, 0.1) is 5.92 Å². The highest BCUT2D eigenvalue weighted by atomic mass is 16.7. The first-order chi connectivity index (χ1) is 21.3. The molecule has 0 radical (unpaired) electrons. The van der Waals surface area contributed by atoms with Crippen molar-refractivity contribution in [2.45, 2.75) is 130 Å². The fourth-order valence-electron chi connectivity index (χ4n) is 6.45. The summed E-state index contributed by atoms with van der Waals surface area (Å²) < 4.78 is 23.7. The van der Waals surface area contributed by atoms with Crippen molar-refractivity contribution in [2.75, 3.05) is 26.2 Å². The van der Waals surface area contributed by atoms with E-state index in [4.69, 9.17) is 47.6 Å². The van der Waals surface area contributed by atoms with E-state index in [2.05, 4.69) is 10.6 Å². The molecule has 2 aliphatic heterocycles. The molecule has 45 heavy (non-hydrogen) atoms. The van der Waals surface area contributed by atoms with Gasteiger partial charge < -0.3 is 88.9 Å². The number of amides is 1. The van der Waals surface area contributed by atoms with E-state index < -0.39 is 104 Å². The Hall–Kier alpha value is -1.17. The van der Waals surface area contributed by atoms with Crippen LogP contribution in [0.25, 0.3) is 0 Å². The van der Waals surface area contributed by atoms with E-state index in [1.165, 1.54) is 0 Å². The fourth-order valence-corrected chi connectivity index (χ4v) is 6.45. The Bertz CT molecular complexity index is 938. The van der Waals surface area contributed by atoms with Crippen LogP contribution in [0.3, 0.4) is 0 Å². The van der Waals surface area contributed by atoms with Crippen LogP contribution in [-0.4, -0.2) is 161 Å². The maximum Gasteiger partial charge on any atom is 0.249 e. The fraction of sp³-hybridized carbons (Fsp3) is 0.963. The van der Waals surface area contributed by atoms with Crippen LogP contribution in [0.1, 0.15) is 32.1 Å². The molecule has 262 valence electrons. The summed E-state index contributed by atoms with van der Waals surface area (Å²) in [6.45, 7) is 0.468. The van der Waals surface area contributed by atoms with Gasteiger partial charge in [-0.3, -0.25) is 4.79 Å². The third kappa shape index (κ3) is 8.85. The molecular formula is C27H53N7O11. The Morgan fingerprint density at radius 3 is 2.16 bits per heavy atom. The summed E-state index contributed by atoms with van der Waals surface area (Å²) in [6.07, 6.45) is -11.8. The second-order valence-electron chi connectivity index (χ2n) is 12.8.